The summed E-state index contributed by atoms with van der Waals surface area (Å²) < 4.78 is 17.6. The zero-order chi connectivity index (χ0) is 21.3. The van der Waals surface area contributed by atoms with Crippen LogP contribution in [0.4, 0.5) is 4.39 Å². The number of hydrogen-bond acceptors (Lipinski definition) is 5. The van der Waals surface area contributed by atoms with E-state index in [1.165, 1.54) is 0 Å². The molecule has 2 N–H and O–H groups in total. The Morgan fingerprint density at radius 1 is 1.00 bits per heavy atom. The number of Topliss-reactive ketones (excluding diaryl/α,β-unsaturated/α-hetero) is 1. The van der Waals surface area contributed by atoms with Crippen molar-refractivity contribution in [3.05, 3.63) is 11.4 Å². The lowest BCUT2D eigenvalue weighted by molar-refractivity contribution is -0.132. The number of aryl methyl sites for hydroxylation is 1. The van der Waals surface area contributed by atoms with Gasteiger partial charge in [0.25, 0.3) is 0 Å². The van der Waals surface area contributed by atoms with Gasteiger partial charge in [0.15, 0.2) is 5.78 Å². The van der Waals surface area contributed by atoms with Crippen LogP contribution >= 0.6 is 0 Å². The first-order valence-corrected chi connectivity index (χ1v) is 10.5. The molecule has 0 fully saturated rings. The summed E-state index contributed by atoms with van der Waals surface area (Å²) in [6, 6.07) is 0. The summed E-state index contributed by atoms with van der Waals surface area (Å²) in [5.41, 5.74) is -1.31. The minimum atomic E-state index is -2.12. The van der Waals surface area contributed by atoms with Gasteiger partial charge in [0, 0.05) is 39.9 Å². The molecule has 0 bridgehead atoms. The van der Waals surface area contributed by atoms with E-state index in [4.69, 9.17) is 0 Å². The van der Waals surface area contributed by atoms with Crippen molar-refractivity contribution >= 4 is 17.6 Å². The molecule has 9 heteroatoms. The molecule has 1 aliphatic rings. The minimum absolute atomic E-state index is 0.0558. The molecule has 0 saturated heterocycles. The standard InChI is InChI=1S/C20H32FN5O3/c1-22-17(28)11-6-5-10-16(27)20(21)13-7-3-4-9-15-19(20)24-25-26(15)14-8-12-18(29)23-2/h3-14H2,1-2H3,(H,22,28)(H,23,29). The zero-order valence-corrected chi connectivity index (χ0v) is 17.4. The third kappa shape index (κ3) is 6.08. The van der Waals surface area contributed by atoms with Gasteiger partial charge in [-0.1, -0.05) is 11.6 Å². The van der Waals surface area contributed by atoms with Crippen molar-refractivity contribution in [3.8, 4) is 0 Å². The van der Waals surface area contributed by atoms with Gasteiger partial charge in [-0.3, -0.25) is 14.4 Å². The molecular formula is C20H32FN5O3. The normalized spacial score (nSPS) is 19.0. The predicted molar refractivity (Wildman–Crippen MR) is 106 cm³/mol. The van der Waals surface area contributed by atoms with Crippen LogP contribution in [-0.2, 0) is 33.0 Å². The Hall–Kier alpha value is -2.32. The summed E-state index contributed by atoms with van der Waals surface area (Å²) in [5.74, 6) is -0.616. The summed E-state index contributed by atoms with van der Waals surface area (Å²) >= 11 is 0. The maximum atomic E-state index is 16.0. The molecular weight excluding hydrogens is 377 g/mol. The number of fused-ring (bicyclic) bond motifs is 1. The molecule has 1 unspecified atom stereocenters. The predicted octanol–water partition coefficient (Wildman–Crippen LogP) is 1.96. The smallest absolute Gasteiger partial charge is 0.219 e. The van der Waals surface area contributed by atoms with Crippen LogP contribution < -0.4 is 10.6 Å². The molecule has 2 rings (SSSR count). The monoisotopic (exact) mass is 409 g/mol. The number of nitrogens with one attached hydrogen (secondary N) is 2. The van der Waals surface area contributed by atoms with Crippen LogP contribution in [0.3, 0.4) is 0 Å². The van der Waals surface area contributed by atoms with Crippen LogP contribution in [0.1, 0.15) is 75.6 Å². The van der Waals surface area contributed by atoms with Gasteiger partial charge in [0.05, 0.1) is 5.69 Å². The highest BCUT2D eigenvalue weighted by Crippen LogP contribution is 2.37. The molecule has 0 saturated carbocycles. The first-order valence-electron chi connectivity index (χ1n) is 10.5. The fourth-order valence-corrected chi connectivity index (χ4v) is 3.70. The molecule has 1 aliphatic carbocycles. The second-order valence-electron chi connectivity index (χ2n) is 7.55. The maximum absolute atomic E-state index is 16.0. The summed E-state index contributed by atoms with van der Waals surface area (Å²) in [7, 11) is 3.16. The van der Waals surface area contributed by atoms with Crippen LogP contribution in [-0.4, -0.2) is 46.7 Å². The van der Waals surface area contributed by atoms with E-state index in [1.807, 2.05) is 0 Å². The Morgan fingerprint density at radius 2 is 1.66 bits per heavy atom. The number of unbranched alkanes of at least 4 members (excludes halogenated alkanes) is 1. The molecule has 0 aromatic carbocycles. The average molecular weight is 410 g/mol. The fourth-order valence-electron chi connectivity index (χ4n) is 3.70. The Morgan fingerprint density at radius 3 is 2.34 bits per heavy atom. The van der Waals surface area contributed by atoms with Gasteiger partial charge in [-0.25, -0.2) is 9.07 Å². The maximum Gasteiger partial charge on any atom is 0.219 e. The Bertz CT molecular complexity index is 721. The lowest BCUT2D eigenvalue weighted by Gasteiger charge is -2.25. The van der Waals surface area contributed by atoms with Crippen LogP contribution in [0.2, 0.25) is 0 Å². The van der Waals surface area contributed by atoms with Gasteiger partial charge in [-0.15, -0.1) is 5.10 Å². The number of carbonyl (C=O) groups excluding carboxylic acids is 3. The van der Waals surface area contributed by atoms with Gasteiger partial charge >= 0.3 is 0 Å². The summed E-state index contributed by atoms with van der Waals surface area (Å²) in [6.45, 7) is 0.464. The molecule has 162 valence electrons. The SMILES string of the molecule is CNC(=O)CCCCC(=O)C1(F)CCCCCc2c1nnn2CCCC(=O)NC. The Balaban J connectivity index is 2.09. The van der Waals surface area contributed by atoms with Crippen molar-refractivity contribution in [1.82, 2.24) is 25.6 Å². The highest BCUT2D eigenvalue weighted by molar-refractivity contribution is 5.88. The van der Waals surface area contributed by atoms with Crippen molar-refractivity contribution in [2.45, 2.75) is 82.8 Å². The lowest BCUT2D eigenvalue weighted by Crippen LogP contribution is -2.34. The van der Waals surface area contributed by atoms with Crippen LogP contribution in [0, 0.1) is 0 Å². The van der Waals surface area contributed by atoms with Gasteiger partial charge < -0.3 is 10.6 Å². The third-order valence-electron chi connectivity index (χ3n) is 5.48. The molecule has 29 heavy (non-hydrogen) atoms. The fraction of sp³-hybridized carbons (Fsp3) is 0.750. The van der Waals surface area contributed by atoms with E-state index in [2.05, 4.69) is 20.9 Å². The van der Waals surface area contributed by atoms with Crippen molar-refractivity contribution in [1.29, 1.82) is 0 Å². The second kappa shape index (κ2) is 11.0. The summed E-state index contributed by atoms with van der Waals surface area (Å²) in [6.07, 6.45) is 5.45. The number of rotatable bonds is 10. The minimum Gasteiger partial charge on any atom is -0.359 e. The molecule has 0 radical (unpaired) electrons. The molecule has 1 atom stereocenters. The quantitative estimate of drug-likeness (QED) is 0.575. The Labute approximate surface area is 171 Å². The van der Waals surface area contributed by atoms with Crippen molar-refractivity contribution in [3.63, 3.8) is 0 Å². The van der Waals surface area contributed by atoms with Crippen LogP contribution in [0.15, 0.2) is 0 Å². The number of hydrogen-bond donors (Lipinski definition) is 2. The highest BCUT2D eigenvalue weighted by atomic mass is 19.1. The number of nitrogens with zero attached hydrogens (tertiary/aromatic N) is 3. The first-order chi connectivity index (χ1) is 13.9. The van der Waals surface area contributed by atoms with Crippen LogP contribution in [0.5, 0.6) is 0 Å². The number of carbonyl (C=O) groups is 3. The number of halogens is 1. The molecule has 0 spiro atoms. The number of ketones is 1. The number of alkyl halides is 1. The number of amides is 2. The molecule has 8 nitrogen and oxygen atoms in total. The van der Waals surface area contributed by atoms with Crippen LogP contribution in [0.25, 0.3) is 0 Å². The first kappa shape index (κ1) is 23.0. The average Bonchev–Trinajstić information content (AvgIpc) is 3.11. The van der Waals surface area contributed by atoms with Crippen molar-refractivity contribution in [2.24, 2.45) is 0 Å². The molecule has 1 heterocycles. The molecule has 2 amide bonds. The van der Waals surface area contributed by atoms with Gasteiger partial charge in [0.2, 0.25) is 17.5 Å². The van der Waals surface area contributed by atoms with Crippen molar-refractivity contribution < 1.29 is 18.8 Å². The largest absolute Gasteiger partial charge is 0.359 e. The molecule has 1 aromatic heterocycles. The third-order valence-corrected chi connectivity index (χ3v) is 5.48. The topological polar surface area (TPSA) is 106 Å². The molecule has 1 aromatic rings. The zero-order valence-electron chi connectivity index (χ0n) is 17.4. The summed E-state index contributed by atoms with van der Waals surface area (Å²) in [4.78, 5) is 35.5. The van der Waals surface area contributed by atoms with Gasteiger partial charge in [0.1, 0.15) is 5.69 Å². The number of aromatic nitrogens is 3. The molecule has 0 aliphatic heterocycles. The van der Waals surface area contributed by atoms with E-state index >= 15 is 4.39 Å². The van der Waals surface area contributed by atoms with E-state index < -0.39 is 11.5 Å². The van der Waals surface area contributed by atoms with Crippen molar-refractivity contribution in [2.75, 3.05) is 14.1 Å². The van der Waals surface area contributed by atoms with Gasteiger partial charge in [-0.05, 0) is 44.9 Å². The Kier molecular flexibility index (Phi) is 8.72. The van der Waals surface area contributed by atoms with E-state index in [1.54, 1.807) is 18.8 Å². The second-order valence-corrected chi connectivity index (χ2v) is 7.55. The summed E-state index contributed by atoms with van der Waals surface area (Å²) in [5, 5.41) is 13.3. The lowest BCUT2D eigenvalue weighted by atomic mass is 9.84. The highest BCUT2D eigenvalue weighted by Gasteiger charge is 2.44. The van der Waals surface area contributed by atoms with Gasteiger partial charge in [-0.2, -0.15) is 0 Å². The van der Waals surface area contributed by atoms with E-state index in [9.17, 15) is 14.4 Å². The van der Waals surface area contributed by atoms with E-state index in [0.29, 0.717) is 57.2 Å². The van der Waals surface area contributed by atoms with E-state index in [0.717, 1.165) is 12.8 Å². The van der Waals surface area contributed by atoms with E-state index in [-0.39, 0.29) is 30.3 Å².